The van der Waals surface area contributed by atoms with Gasteiger partial charge in [0.15, 0.2) is 0 Å². The quantitative estimate of drug-likeness (QED) is 0.490. The van der Waals surface area contributed by atoms with Crippen molar-refractivity contribution in [3.63, 3.8) is 0 Å². The highest BCUT2D eigenvalue weighted by molar-refractivity contribution is 6.63. The lowest BCUT2D eigenvalue weighted by atomic mass is 10.5. The molecule has 0 aromatic carbocycles. The van der Waals surface area contributed by atoms with Crippen molar-refractivity contribution in [2.75, 3.05) is 5.34 Å². The van der Waals surface area contributed by atoms with Gasteiger partial charge in [-0.15, -0.1) is 23.2 Å². The molecular weight excluding hydrogens is 219 g/mol. The number of alkyl halides is 2. The first-order valence-electron chi connectivity index (χ1n) is 5.00. The van der Waals surface area contributed by atoms with Crippen LogP contribution in [0.2, 0.25) is 16.6 Å². The van der Waals surface area contributed by atoms with Crippen LogP contribution in [0.25, 0.3) is 0 Å². The molecule has 0 N–H and O–H groups in total. The molecule has 0 aliphatic rings. The largest absolute Gasteiger partial charge is 0.109 e. The van der Waals surface area contributed by atoms with Crippen molar-refractivity contribution >= 4 is 32.0 Å². The molecule has 0 aromatic heterocycles. The molecule has 0 radical (unpaired) electrons. The summed E-state index contributed by atoms with van der Waals surface area (Å²) in [6.07, 6.45) is 0. The molecule has 0 aromatic rings. The van der Waals surface area contributed by atoms with Gasteiger partial charge in [-0.25, -0.2) is 0 Å². The number of halogens is 2. The second kappa shape index (κ2) is 9.36. The van der Waals surface area contributed by atoms with E-state index in [0.29, 0.717) is 0 Å². The van der Waals surface area contributed by atoms with Crippen molar-refractivity contribution in [2.24, 2.45) is 0 Å². The van der Waals surface area contributed by atoms with Crippen molar-refractivity contribution in [1.82, 2.24) is 0 Å². The number of rotatable bonds is 3. The SMILES string of the molecule is CC(C)[SiH](C(C)C)C(C)C.ClCCl. The third kappa shape index (κ3) is 9.11. The van der Waals surface area contributed by atoms with E-state index in [4.69, 9.17) is 23.2 Å². The van der Waals surface area contributed by atoms with E-state index in [0.717, 1.165) is 16.6 Å². The Morgan fingerprint density at radius 3 is 0.923 bits per heavy atom. The topological polar surface area (TPSA) is 0 Å². The van der Waals surface area contributed by atoms with Crippen molar-refractivity contribution < 1.29 is 0 Å². The number of hydrogen-bond donors (Lipinski definition) is 0. The first-order valence-corrected chi connectivity index (χ1v) is 8.07. The molecule has 13 heavy (non-hydrogen) atoms. The molecule has 0 nitrogen and oxygen atoms in total. The Bertz CT molecular complexity index is 84.1. The number of hydrogen-bond acceptors (Lipinski definition) is 0. The summed E-state index contributed by atoms with van der Waals surface area (Å²) in [5, 5.41) is 0.194. The highest BCUT2D eigenvalue weighted by atomic mass is 35.5. The van der Waals surface area contributed by atoms with Crippen LogP contribution in [0.4, 0.5) is 0 Å². The summed E-state index contributed by atoms with van der Waals surface area (Å²) in [5.41, 5.74) is 2.92. The van der Waals surface area contributed by atoms with Gasteiger partial charge in [0.25, 0.3) is 0 Å². The normalized spacial score (nSPS) is 11.1. The maximum Gasteiger partial charge on any atom is 0.0967 e. The zero-order chi connectivity index (χ0) is 11.0. The van der Waals surface area contributed by atoms with E-state index >= 15 is 0 Å². The second-order valence-corrected chi connectivity index (χ2v) is 10.4. The predicted octanol–water partition coefficient (Wildman–Crippen LogP) is 4.87. The molecule has 0 aliphatic carbocycles. The van der Waals surface area contributed by atoms with Crippen LogP contribution in [0.5, 0.6) is 0 Å². The predicted molar refractivity (Wildman–Crippen MR) is 69.0 cm³/mol. The van der Waals surface area contributed by atoms with Gasteiger partial charge in [0.2, 0.25) is 0 Å². The van der Waals surface area contributed by atoms with Gasteiger partial charge >= 0.3 is 0 Å². The monoisotopic (exact) mass is 242 g/mol. The molecule has 0 rings (SSSR count). The van der Waals surface area contributed by atoms with Crippen LogP contribution in [0.3, 0.4) is 0 Å². The fourth-order valence-corrected chi connectivity index (χ4v) is 6.93. The van der Waals surface area contributed by atoms with Crippen LogP contribution < -0.4 is 0 Å². The summed E-state index contributed by atoms with van der Waals surface area (Å²) in [4.78, 5) is 0. The average molecular weight is 243 g/mol. The van der Waals surface area contributed by atoms with Crippen LogP contribution in [0, 0.1) is 0 Å². The molecule has 0 spiro atoms. The Morgan fingerprint density at radius 2 is 0.923 bits per heavy atom. The first-order chi connectivity index (χ1) is 5.88. The molecule has 0 unspecified atom stereocenters. The van der Waals surface area contributed by atoms with Crippen molar-refractivity contribution in [2.45, 2.75) is 58.2 Å². The lowest BCUT2D eigenvalue weighted by molar-refractivity contribution is 0.863. The van der Waals surface area contributed by atoms with Crippen LogP contribution in [-0.4, -0.2) is 14.1 Å². The average Bonchev–Trinajstić information content (AvgIpc) is 1.84. The minimum Gasteiger partial charge on any atom is -0.109 e. The van der Waals surface area contributed by atoms with E-state index in [1.54, 1.807) is 0 Å². The summed E-state index contributed by atoms with van der Waals surface area (Å²) in [7, 11) is -0.454. The van der Waals surface area contributed by atoms with Gasteiger partial charge in [0, 0.05) is 8.80 Å². The Labute approximate surface area is 95.6 Å². The summed E-state index contributed by atoms with van der Waals surface area (Å²) in [6.45, 7) is 14.3. The second-order valence-electron chi connectivity index (χ2n) is 4.41. The van der Waals surface area contributed by atoms with E-state index in [1.807, 2.05) is 0 Å². The molecule has 82 valence electrons. The highest BCUT2D eigenvalue weighted by Crippen LogP contribution is 2.28. The van der Waals surface area contributed by atoms with Gasteiger partial charge in [-0.1, -0.05) is 58.2 Å². The standard InChI is InChI=1S/C9H22Si.CH2Cl2/c1-7(2)10(8(3)4)9(5)6;2-1-3/h7-10H,1-6H3;1H2. The zero-order valence-corrected chi connectivity index (χ0v) is 12.4. The van der Waals surface area contributed by atoms with Gasteiger partial charge < -0.3 is 0 Å². The van der Waals surface area contributed by atoms with E-state index in [9.17, 15) is 0 Å². The van der Waals surface area contributed by atoms with E-state index in [2.05, 4.69) is 41.5 Å². The molecule has 0 fully saturated rings. The van der Waals surface area contributed by atoms with Gasteiger partial charge in [0.05, 0.1) is 5.34 Å². The summed E-state index contributed by atoms with van der Waals surface area (Å²) in [5.74, 6) is 0. The van der Waals surface area contributed by atoms with Crippen LogP contribution in [0.15, 0.2) is 0 Å². The summed E-state index contributed by atoms with van der Waals surface area (Å²) >= 11 is 9.53. The molecule has 0 atom stereocenters. The minimum absolute atomic E-state index is 0.194. The molecular formula is C10H24Cl2Si. The zero-order valence-electron chi connectivity index (χ0n) is 9.77. The lowest BCUT2D eigenvalue weighted by Gasteiger charge is -2.26. The van der Waals surface area contributed by atoms with Crippen LogP contribution in [0.1, 0.15) is 41.5 Å². The Balaban J connectivity index is 0. The minimum atomic E-state index is -0.454. The molecule has 0 amide bonds. The molecule has 0 saturated heterocycles. The van der Waals surface area contributed by atoms with Crippen LogP contribution in [-0.2, 0) is 0 Å². The van der Waals surface area contributed by atoms with E-state index < -0.39 is 8.80 Å². The molecule has 0 heterocycles. The van der Waals surface area contributed by atoms with E-state index in [-0.39, 0.29) is 5.34 Å². The van der Waals surface area contributed by atoms with Crippen molar-refractivity contribution in [3.8, 4) is 0 Å². The van der Waals surface area contributed by atoms with Crippen molar-refractivity contribution in [1.29, 1.82) is 0 Å². The smallest absolute Gasteiger partial charge is 0.0967 e. The molecule has 0 bridgehead atoms. The lowest BCUT2D eigenvalue weighted by Crippen LogP contribution is -2.24. The van der Waals surface area contributed by atoms with Gasteiger partial charge in [-0.2, -0.15) is 0 Å². The summed E-state index contributed by atoms with van der Waals surface area (Å²) in [6, 6.07) is 0. The third-order valence-corrected chi connectivity index (χ3v) is 6.93. The third-order valence-electron chi connectivity index (χ3n) is 2.31. The van der Waals surface area contributed by atoms with Crippen LogP contribution >= 0.6 is 23.2 Å². The van der Waals surface area contributed by atoms with Gasteiger partial charge in [-0.05, 0) is 0 Å². The Kier molecular flexibility index (Phi) is 11.7. The fraction of sp³-hybridized carbons (Fsp3) is 1.00. The first kappa shape index (κ1) is 16.2. The maximum atomic E-state index is 4.76. The molecule has 3 heteroatoms. The summed E-state index contributed by atoms with van der Waals surface area (Å²) < 4.78 is 0. The van der Waals surface area contributed by atoms with Gasteiger partial charge in [-0.3, -0.25) is 0 Å². The highest BCUT2D eigenvalue weighted by Gasteiger charge is 2.22. The Hall–Kier alpha value is 0.797. The van der Waals surface area contributed by atoms with Gasteiger partial charge in [0.1, 0.15) is 0 Å². The molecule has 0 saturated carbocycles. The fourth-order valence-electron chi connectivity index (χ4n) is 2.31. The maximum absolute atomic E-state index is 4.76. The van der Waals surface area contributed by atoms with Crippen molar-refractivity contribution in [3.05, 3.63) is 0 Å². The Morgan fingerprint density at radius 1 is 0.769 bits per heavy atom. The van der Waals surface area contributed by atoms with E-state index in [1.165, 1.54) is 0 Å². The molecule has 0 aliphatic heterocycles.